The first-order valence-electron chi connectivity index (χ1n) is 8.91. The second-order valence-electron chi connectivity index (χ2n) is 6.39. The maximum absolute atomic E-state index is 14.1. The van der Waals surface area contributed by atoms with Crippen LogP contribution in [0.25, 0.3) is 0 Å². The van der Waals surface area contributed by atoms with Crippen molar-refractivity contribution in [1.82, 2.24) is 0 Å². The van der Waals surface area contributed by atoms with Crippen LogP contribution in [0, 0.1) is 5.92 Å². The molecule has 0 aliphatic rings. The maximum Gasteiger partial charge on any atom is 0.143 e. The zero-order chi connectivity index (χ0) is 16.5. The third kappa shape index (κ3) is 4.82. The SMILES string of the molecule is CCCCC(CCC)CP(=O)(c1ccccc1)c1ccccc1. The van der Waals surface area contributed by atoms with E-state index in [2.05, 4.69) is 13.8 Å². The third-order valence-electron chi connectivity index (χ3n) is 4.52. The highest BCUT2D eigenvalue weighted by atomic mass is 31.2. The second kappa shape index (κ2) is 9.08. The lowest BCUT2D eigenvalue weighted by Crippen LogP contribution is -2.22. The minimum absolute atomic E-state index is 0.547. The first-order chi connectivity index (χ1) is 11.2. The molecule has 2 rings (SSSR count). The van der Waals surface area contributed by atoms with E-state index < -0.39 is 7.14 Å². The summed E-state index contributed by atoms with van der Waals surface area (Å²) in [6.07, 6.45) is 6.76. The van der Waals surface area contributed by atoms with Gasteiger partial charge in [-0.1, -0.05) is 100 Å². The Bertz CT molecular complexity index is 563. The highest BCUT2D eigenvalue weighted by Crippen LogP contribution is 2.46. The molecule has 0 saturated heterocycles. The fourth-order valence-electron chi connectivity index (χ4n) is 3.29. The topological polar surface area (TPSA) is 17.1 Å². The van der Waals surface area contributed by atoms with Crippen molar-refractivity contribution in [2.24, 2.45) is 5.92 Å². The van der Waals surface area contributed by atoms with E-state index in [-0.39, 0.29) is 0 Å². The standard InChI is InChI=1S/C21H29OP/c1-3-5-13-19(12-4-2)18-23(22,20-14-8-6-9-15-20)21-16-10-7-11-17-21/h6-11,14-17,19H,3-5,12-13,18H2,1-2H3. The Hall–Kier alpha value is -1.33. The van der Waals surface area contributed by atoms with Crippen LogP contribution in [0.15, 0.2) is 60.7 Å². The van der Waals surface area contributed by atoms with Crippen LogP contribution < -0.4 is 10.6 Å². The number of benzene rings is 2. The van der Waals surface area contributed by atoms with E-state index in [0.717, 1.165) is 23.2 Å². The van der Waals surface area contributed by atoms with E-state index in [1.165, 1.54) is 25.7 Å². The zero-order valence-electron chi connectivity index (χ0n) is 14.4. The molecule has 0 aliphatic heterocycles. The fraction of sp³-hybridized carbons (Fsp3) is 0.429. The Morgan fingerprint density at radius 2 is 1.30 bits per heavy atom. The summed E-state index contributed by atoms with van der Waals surface area (Å²) in [5, 5.41) is 2.01. The van der Waals surface area contributed by atoms with Crippen LogP contribution in [0.3, 0.4) is 0 Å². The van der Waals surface area contributed by atoms with Gasteiger partial charge in [-0.25, -0.2) is 0 Å². The summed E-state index contributed by atoms with van der Waals surface area (Å²) in [6.45, 7) is 4.46. The van der Waals surface area contributed by atoms with E-state index in [4.69, 9.17) is 0 Å². The summed E-state index contributed by atoms with van der Waals surface area (Å²) in [5.74, 6) is 0.547. The second-order valence-corrected chi connectivity index (χ2v) is 9.27. The molecule has 0 spiro atoms. The highest BCUT2D eigenvalue weighted by molar-refractivity contribution is 7.78. The molecule has 124 valence electrons. The minimum Gasteiger partial charge on any atom is -0.314 e. The largest absolute Gasteiger partial charge is 0.314 e. The van der Waals surface area contributed by atoms with Gasteiger partial charge in [0, 0.05) is 16.8 Å². The molecule has 0 bridgehead atoms. The number of hydrogen-bond donors (Lipinski definition) is 0. The molecule has 0 saturated carbocycles. The first-order valence-corrected chi connectivity index (χ1v) is 10.8. The van der Waals surface area contributed by atoms with Crippen LogP contribution in [0.5, 0.6) is 0 Å². The molecule has 23 heavy (non-hydrogen) atoms. The molecule has 0 amide bonds. The van der Waals surface area contributed by atoms with Gasteiger partial charge in [-0.2, -0.15) is 0 Å². The zero-order valence-corrected chi connectivity index (χ0v) is 15.3. The molecular weight excluding hydrogens is 299 g/mol. The lowest BCUT2D eigenvalue weighted by Gasteiger charge is -2.25. The minimum atomic E-state index is -2.55. The van der Waals surface area contributed by atoms with Crippen LogP contribution in [-0.4, -0.2) is 6.16 Å². The van der Waals surface area contributed by atoms with Crippen molar-refractivity contribution in [1.29, 1.82) is 0 Å². The first kappa shape index (κ1) is 18.0. The van der Waals surface area contributed by atoms with Gasteiger partial charge in [0.05, 0.1) is 0 Å². The highest BCUT2D eigenvalue weighted by Gasteiger charge is 2.30. The molecule has 0 fully saturated rings. The van der Waals surface area contributed by atoms with Crippen molar-refractivity contribution in [3.8, 4) is 0 Å². The number of unbranched alkanes of at least 4 members (excludes halogenated alkanes) is 1. The fourth-order valence-corrected chi connectivity index (χ4v) is 6.41. The molecule has 1 nitrogen and oxygen atoms in total. The van der Waals surface area contributed by atoms with Gasteiger partial charge in [0.1, 0.15) is 7.14 Å². The molecule has 0 heterocycles. The lowest BCUT2D eigenvalue weighted by atomic mass is 9.99. The van der Waals surface area contributed by atoms with E-state index in [0.29, 0.717) is 5.92 Å². The molecule has 1 unspecified atom stereocenters. The summed E-state index contributed by atoms with van der Waals surface area (Å²) < 4.78 is 14.1. The van der Waals surface area contributed by atoms with Gasteiger partial charge in [0.25, 0.3) is 0 Å². The van der Waals surface area contributed by atoms with Gasteiger partial charge in [0.15, 0.2) is 0 Å². The van der Waals surface area contributed by atoms with Gasteiger partial charge >= 0.3 is 0 Å². The van der Waals surface area contributed by atoms with Gasteiger partial charge in [-0.05, 0) is 12.3 Å². The molecule has 2 aromatic carbocycles. The molecule has 2 heteroatoms. The van der Waals surface area contributed by atoms with Gasteiger partial charge in [-0.3, -0.25) is 0 Å². The summed E-state index contributed by atoms with van der Waals surface area (Å²) in [7, 11) is -2.55. The van der Waals surface area contributed by atoms with Crippen LogP contribution in [0.1, 0.15) is 46.0 Å². The van der Waals surface area contributed by atoms with E-state index in [1.54, 1.807) is 0 Å². The van der Waals surface area contributed by atoms with Gasteiger partial charge < -0.3 is 4.57 Å². The Labute approximate surface area is 141 Å². The van der Waals surface area contributed by atoms with E-state index in [9.17, 15) is 4.57 Å². The Kier molecular flexibility index (Phi) is 7.12. The average Bonchev–Trinajstić information content (AvgIpc) is 2.61. The van der Waals surface area contributed by atoms with Gasteiger partial charge in [-0.15, -0.1) is 0 Å². The number of hydrogen-bond acceptors (Lipinski definition) is 1. The quantitative estimate of drug-likeness (QED) is 0.547. The van der Waals surface area contributed by atoms with Crippen molar-refractivity contribution >= 4 is 17.8 Å². The van der Waals surface area contributed by atoms with Crippen molar-refractivity contribution < 1.29 is 4.57 Å². The Morgan fingerprint density at radius 1 is 0.783 bits per heavy atom. The third-order valence-corrected chi connectivity index (χ3v) is 7.82. The molecule has 0 aliphatic carbocycles. The normalized spacial score (nSPS) is 13.0. The van der Waals surface area contributed by atoms with Crippen molar-refractivity contribution in [3.05, 3.63) is 60.7 Å². The summed E-state index contributed by atoms with van der Waals surface area (Å²) in [5.41, 5.74) is 0. The summed E-state index contributed by atoms with van der Waals surface area (Å²) >= 11 is 0. The maximum atomic E-state index is 14.1. The monoisotopic (exact) mass is 328 g/mol. The summed E-state index contributed by atoms with van der Waals surface area (Å²) in [4.78, 5) is 0. The smallest absolute Gasteiger partial charge is 0.143 e. The van der Waals surface area contributed by atoms with Crippen LogP contribution in [0.4, 0.5) is 0 Å². The van der Waals surface area contributed by atoms with Gasteiger partial charge in [0.2, 0.25) is 0 Å². The molecule has 1 atom stereocenters. The molecular formula is C21H29OP. The molecule has 0 N–H and O–H groups in total. The molecule has 0 aromatic heterocycles. The predicted octanol–water partition coefficient (Wildman–Crippen LogP) is 5.61. The average molecular weight is 328 g/mol. The molecule has 0 radical (unpaired) electrons. The van der Waals surface area contributed by atoms with Crippen LogP contribution >= 0.6 is 7.14 Å². The van der Waals surface area contributed by atoms with Crippen LogP contribution in [-0.2, 0) is 4.57 Å². The van der Waals surface area contributed by atoms with Crippen molar-refractivity contribution in [2.45, 2.75) is 46.0 Å². The summed E-state index contributed by atoms with van der Waals surface area (Å²) in [6, 6.07) is 20.2. The molecule has 2 aromatic rings. The lowest BCUT2D eigenvalue weighted by molar-refractivity contribution is 0.464. The van der Waals surface area contributed by atoms with E-state index >= 15 is 0 Å². The van der Waals surface area contributed by atoms with Crippen molar-refractivity contribution in [2.75, 3.05) is 6.16 Å². The number of rotatable bonds is 9. The van der Waals surface area contributed by atoms with E-state index in [1.807, 2.05) is 60.7 Å². The van der Waals surface area contributed by atoms with Crippen LogP contribution in [0.2, 0.25) is 0 Å². The predicted molar refractivity (Wildman–Crippen MR) is 103 cm³/mol. The Balaban J connectivity index is 2.36. The Morgan fingerprint density at radius 3 is 1.74 bits per heavy atom. The van der Waals surface area contributed by atoms with Crippen molar-refractivity contribution in [3.63, 3.8) is 0 Å².